The van der Waals surface area contributed by atoms with Crippen molar-refractivity contribution in [3.8, 4) is 12.3 Å². The zero-order valence-electron chi connectivity index (χ0n) is 8.26. The Kier molecular flexibility index (Phi) is 4.83. The van der Waals surface area contributed by atoms with Crippen LogP contribution in [0.15, 0.2) is 0 Å². The molecule has 0 aromatic carbocycles. The smallest absolute Gasteiger partial charge is 0.223 e. The molecule has 13 heavy (non-hydrogen) atoms. The Bertz CT molecular complexity index is 238. The first-order valence-electron chi connectivity index (χ1n) is 4.23. The van der Waals surface area contributed by atoms with E-state index in [0.717, 1.165) is 0 Å². The second-order valence-electron chi connectivity index (χ2n) is 3.29. The van der Waals surface area contributed by atoms with E-state index in [9.17, 15) is 9.59 Å². The molecule has 1 atom stereocenters. The minimum atomic E-state index is -0.465. The number of hydrogen-bond acceptors (Lipinski definition) is 2. The van der Waals surface area contributed by atoms with E-state index in [-0.39, 0.29) is 24.0 Å². The Morgan fingerprint density at radius 3 is 2.31 bits per heavy atom. The van der Waals surface area contributed by atoms with Crippen molar-refractivity contribution in [3.63, 3.8) is 0 Å². The van der Waals surface area contributed by atoms with Crippen molar-refractivity contribution in [3.05, 3.63) is 0 Å². The second kappa shape index (κ2) is 5.36. The lowest BCUT2D eigenvalue weighted by molar-refractivity contribution is -0.124. The van der Waals surface area contributed by atoms with Gasteiger partial charge in [0, 0.05) is 12.3 Å². The third-order valence-corrected chi connectivity index (χ3v) is 1.53. The molecule has 0 aromatic heterocycles. The molecule has 72 valence electrons. The van der Waals surface area contributed by atoms with Crippen molar-refractivity contribution in [2.24, 2.45) is 5.92 Å². The van der Waals surface area contributed by atoms with E-state index >= 15 is 0 Å². The lowest BCUT2D eigenvalue weighted by Crippen LogP contribution is -2.37. The third-order valence-electron chi connectivity index (χ3n) is 1.53. The summed E-state index contributed by atoms with van der Waals surface area (Å²) in [6, 6.07) is -0.465. The van der Waals surface area contributed by atoms with E-state index in [1.807, 2.05) is 0 Å². The largest absolute Gasteiger partial charge is 0.342 e. The highest BCUT2D eigenvalue weighted by Gasteiger charge is 2.13. The number of amides is 1. The number of carbonyl (C=O) groups is 2. The zero-order valence-corrected chi connectivity index (χ0v) is 8.26. The first-order valence-corrected chi connectivity index (χ1v) is 4.23. The summed E-state index contributed by atoms with van der Waals surface area (Å²) in [5.74, 6) is 2.12. The van der Waals surface area contributed by atoms with Crippen LogP contribution in [0.2, 0.25) is 0 Å². The lowest BCUT2D eigenvalue weighted by Gasteiger charge is -2.12. The van der Waals surface area contributed by atoms with Gasteiger partial charge in [-0.1, -0.05) is 19.8 Å². The molecule has 0 aliphatic heterocycles. The van der Waals surface area contributed by atoms with Gasteiger partial charge in [0.05, 0.1) is 6.04 Å². The summed E-state index contributed by atoms with van der Waals surface area (Å²) in [7, 11) is 0. The van der Waals surface area contributed by atoms with Gasteiger partial charge in [0.25, 0.3) is 0 Å². The standard InChI is InChI=1S/C10H15NO2/c1-5-9(6-8(4)12)11-10(13)7(2)3/h1,7,9H,6H2,2-4H3,(H,11,13)/t9-/m1/s1. The van der Waals surface area contributed by atoms with Crippen LogP contribution in [0.3, 0.4) is 0 Å². The topological polar surface area (TPSA) is 46.2 Å². The molecule has 0 aliphatic rings. The Labute approximate surface area is 78.9 Å². The molecule has 0 heterocycles. The molecule has 0 fully saturated rings. The van der Waals surface area contributed by atoms with Crippen LogP contribution in [0.25, 0.3) is 0 Å². The minimum absolute atomic E-state index is 0.0213. The highest BCUT2D eigenvalue weighted by atomic mass is 16.2. The van der Waals surface area contributed by atoms with Gasteiger partial charge in [0.15, 0.2) is 0 Å². The molecule has 3 heteroatoms. The molecular weight excluding hydrogens is 166 g/mol. The molecule has 0 bridgehead atoms. The SMILES string of the molecule is C#C[C@H](CC(C)=O)NC(=O)C(C)C. The summed E-state index contributed by atoms with van der Waals surface area (Å²) in [6.07, 6.45) is 5.36. The normalized spacial score (nSPS) is 11.9. The monoisotopic (exact) mass is 181 g/mol. The van der Waals surface area contributed by atoms with E-state index < -0.39 is 6.04 Å². The number of terminal acetylenes is 1. The van der Waals surface area contributed by atoms with Gasteiger partial charge >= 0.3 is 0 Å². The van der Waals surface area contributed by atoms with Crippen LogP contribution in [-0.4, -0.2) is 17.7 Å². The summed E-state index contributed by atoms with van der Waals surface area (Å²) in [4.78, 5) is 21.9. The highest BCUT2D eigenvalue weighted by molar-refractivity contribution is 5.81. The molecule has 0 rings (SSSR count). The quantitative estimate of drug-likeness (QED) is 0.650. The van der Waals surface area contributed by atoms with Crippen molar-refractivity contribution in [1.82, 2.24) is 5.32 Å². The Balaban J connectivity index is 4.08. The van der Waals surface area contributed by atoms with Gasteiger partial charge < -0.3 is 5.32 Å². The predicted molar refractivity (Wildman–Crippen MR) is 50.9 cm³/mol. The lowest BCUT2D eigenvalue weighted by atomic mass is 10.1. The molecule has 0 radical (unpaired) electrons. The number of ketones is 1. The van der Waals surface area contributed by atoms with Crippen molar-refractivity contribution < 1.29 is 9.59 Å². The Morgan fingerprint density at radius 2 is 2.00 bits per heavy atom. The van der Waals surface area contributed by atoms with Crippen molar-refractivity contribution in [2.45, 2.75) is 33.2 Å². The molecule has 3 nitrogen and oxygen atoms in total. The predicted octanol–water partition coefficient (Wildman–Crippen LogP) is 0.739. The summed E-state index contributed by atoms with van der Waals surface area (Å²) in [5, 5.41) is 2.60. The van der Waals surface area contributed by atoms with Crippen LogP contribution in [0.4, 0.5) is 0 Å². The Morgan fingerprint density at radius 1 is 1.46 bits per heavy atom. The molecule has 0 aromatic rings. The second-order valence-corrected chi connectivity index (χ2v) is 3.29. The van der Waals surface area contributed by atoms with Crippen molar-refractivity contribution >= 4 is 11.7 Å². The van der Waals surface area contributed by atoms with Gasteiger partial charge in [-0.2, -0.15) is 0 Å². The molecule has 0 unspecified atom stereocenters. The van der Waals surface area contributed by atoms with E-state index in [0.29, 0.717) is 0 Å². The van der Waals surface area contributed by atoms with E-state index in [4.69, 9.17) is 6.42 Å². The van der Waals surface area contributed by atoms with Gasteiger partial charge in [-0.05, 0) is 6.92 Å². The number of hydrogen-bond donors (Lipinski definition) is 1. The highest BCUT2D eigenvalue weighted by Crippen LogP contribution is 1.96. The number of carbonyl (C=O) groups excluding carboxylic acids is 2. The number of nitrogens with one attached hydrogen (secondary N) is 1. The van der Waals surface area contributed by atoms with Gasteiger partial charge in [-0.3, -0.25) is 9.59 Å². The number of rotatable bonds is 4. The van der Waals surface area contributed by atoms with Crippen molar-refractivity contribution in [2.75, 3.05) is 0 Å². The summed E-state index contributed by atoms with van der Waals surface area (Å²) >= 11 is 0. The zero-order chi connectivity index (χ0) is 10.4. The van der Waals surface area contributed by atoms with E-state index in [2.05, 4.69) is 11.2 Å². The molecular formula is C10H15NO2. The van der Waals surface area contributed by atoms with Gasteiger partial charge in [-0.15, -0.1) is 6.42 Å². The van der Waals surface area contributed by atoms with Crippen LogP contribution in [0, 0.1) is 18.3 Å². The van der Waals surface area contributed by atoms with E-state index in [1.54, 1.807) is 13.8 Å². The molecule has 0 saturated carbocycles. The maximum atomic E-state index is 11.2. The van der Waals surface area contributed by atoms with Gasteiger partial charge in [-0.25, -0.2) is 0 Å². The molecule has 0 aliphatic carbocycles. The molecule has 1 amide bonds. The Hall–Kier alpha value is -1.30. The van der Waals surface area contributed by atoms with Crippen LogP contribution in [0.1, 0.15) is 27.2 Å². The van der Waals surface area contributed by atoms with Crippen LogP contribution >= 0.6 is 0 Å². The molecule has 1 N–H and O–H groups in total. The molecule has 0 saturated heterocycles. The van der Waals surface area contributed by atoms with Crippen LogP contribution < -0.4 is 5.32 Å². The van der Waals surface area contributed by atoms with Crippen molar-refractivity contribution in [1.29, 1.82) is 0 Å². The van der Waals surface area contributed by atoms with Gasteiger partial charge in [0.1, 0.15) is 5.78 Å². The summed E-state index contributed by atoms with van der Waals surface area (Å²) in [6.45, 7) is 5.00. The first-order chi connectivity index (χ1) is 5.97. The average molecular weight is 181 g/mol. The fraction of sp³-hybridized carbons (Fsp3) is 0.600. The maximum absolute atomic E-state index is 11.2. The minimum Gasteiger partial charge on any atom is -0.342 e. The maximum Gasteiger partial charge on any atom is 0.223 e. The summed E-state index contributed by atoms with van der Waals surface area (Å²) < 4.78 is 0. The molecule has 0 spiro atoms. The number of Topliss-reactive ketones (excluding diaryl/α,β-unsaturated/α-hetero) is 1. The first kappa shape index (κ1) is 11.7. The average Bonchev–Trinajstić information content (AvgIpc) is 2.02. The van der Waals surface area contributed by atoms with E-state index in [1.165, 1.54) is 6.92 Å². The summed E-state index contributed by atoms with van der Waals surface area (Å²) in [5.41, 5.74) is 0. The fourth-order valence-corrected chi connectivity index (χ4v) is 0.777. The fourth-order valence-electron chi connectivity index (χ4n) is 0.777. The van der Waals surface area contributed by atoms with Crippen LogP contribution in [-0.2, 0) is 9.59 Å². The van der Waals surface area contributed by atoms with Crippen LogP contribution in [0.5, 0.6) is 0 Å². The van der Waals surface area contributed by atoms with Gasteiger partial charge in [0.2, 0.25) is 5.91 Å². The third kappa shape index (κ3) is 5.02.